The molecule has 0 N–H and O–H groups in total. The van der Waals surface area contributed by atoms with E-state index in [1.165, 1.54) is 30.3 Å². The lowest BCUT2D eigenvalue weighted by Crippen LogP contribution is -2.37. The second-order valence-electron chi connectivity index (χ2n) is 6.40. The molecule has 2 aromatic carbocycles. The van der Waals surface area contributed by atoms with Crippen LogP contribution in [-0.4, -0.2) is 38.8 Å². The highest BCUT2D eigenvalue weighted by Gasteiger charge is 2.28. The summed E-state index contributed by atoms with van der Waals surface area (Å²) in [6.07, 6.45) is 1.65. The lowest BCUT2D eigenvalue weighted by Gasteiger charge is -2.21. The van der Waals surface area contributed by atoms with Gasteiger partial charge in [-0.2, -0.15) is 0 Å². The van der Waals surface area contributed by atoms with Crippen molar-refractivity contribution in [3.8, 4) is 11.3 Å². The topological polar surface area (TPSA) is 93.6 Å². The van der Waals surface area contributed by atoms with E-state index in [1.54, 1.807) is 24.4 Å². The van der Waals surface area contributed by atoms with E-state index in [9.17, 15) is 18.0 Å². The molecule has 7 nitrogen and oxygen atoms in total. The molecular formula is C21H16Cl2N2O5S. The van der Waals surface area contributed by atoms with E-state index in [2.05, 4.69) is 4.98 Å². The van der Waals surface area contributed by atoms with Crippen molar-refractivity contribution in [1.82, 2.24) is 4.98 Å². The van der Waals surface area contributed by atoms with Crippen molar-refractivity contribution >= 4 is 50.7 Å². The molecule has 10 heteroatoms. The van der Waals surface area contributed by atoms with Crippen molar-refractivity contribution in [3.63, 3.8) is 0 Å². The molecule has 0 unspecified atom stereocenters. The first kappa shape index (κ1) is 22.7. The van der Waals surface area contributed by atoms with Gasteiger partial charge < -0.3 is 4.74 Å². The van der Waals surface area contributed by atoms with Crippen molar-refractivity contribution in [3.05, 3.63) is 76.4 Å². The number of hydrogen-bond acceptors (Lipinski definition) is 6. The van der Waals surface area contributed by atoms with Crippen molar-refractivity contribution in [2.24, 2.45) is 0 Å². The number of halogens is 2. The van der Waals surface area contributed by atoms with Crippen molar-refractivity contribution in [2.75, 3.05) is 18.3 Å². The molecule has 0 bridgehead atoms. The number of amides is 2. The van der Waals surface area contributed by atoms with Gasteiger partial charge in [0.2, 0.25) is 0 Å². The monoisotopic (exact) mass is 478 g/mol. The van der Waals surface area contributed by atoms with Crippen LogP contribution in [0, 0.1) is 0 Å². The molecule has 2 amide bonds. The molecule has 160 valence electrons. The lowest BCUT2D eigenvalue weighted by molar-refractivity contribution is 0.0976. The largest absolute Gasteiger partial charge is 0.452 e. The number of rotatable bonds is 4. The minimum absolute atomic E-state index is 0.0531. The number of imide groups is 1. The summed E-state index contributed by atoms with van der Waals surface area (Å²) < 4.78 is 28.2. The molecule has 0 spiro atoms. The molecule has 0 aliphatic heterocycles. The van der Waals surface area contributed by atoms with Crippen molar-refractivity contribution in [2.45, 2.75) is 4.90 Å². The maximum atomic E-state index is 13.2. The van der Waals surface area contributed by atoms with Crippen molar-refractivity contribution in [1.29, 1.82) is 0 Å². The number of aromatic nitrogens is 1. The summed E-state index contributed by atoms with van der Waals surface area (Å²) >= 11 is 12.5. The Morgan fingerprint density at radius 2 is 1.74 bits per heavy atom. The van der Waals surface area contributed by atoms with Crippen LogP contribution in [-0.2, 0) is 14.6 Å². The van der Waals surface area contributed by atoms with Gasteiger partial charge in [0.05, 0.1) is 39.0 Å². The number of sulfone groups is 1. The van der Waals surface area contributed by atoms with Crippen LogP contribution in [0.1, 0.15) is 10.4 Å². The summed E-state index contributed by atoms with van der Waals surface area (Å²) in [5.41, 5.74) is 1.14. The Morgan fingerprint density at radius 3 is 2.32 bits per heavy atom. The van der Waals surface area contributed by atoms with Crippen LogP contribution in [0.2, 0.25) is 10.0 Å². The lowest BCUT2D eigenvalue weighted by atomic mass is 10.1. The van der Waals surface area contributed by atoms with Gasteiger partial charge in [0.15, 0.2) is 9.84 Å². The van der Waals surface area contributed by atoms with Gasteiger partial charge >= 0.3 is 6.09 Å². The minimum Gasteiger partial charge on any atom is -0.452 e. The molecule has 1 aromatic heterocycles. The summed E-state index contributed by atoms with van der Waals surface area (Å²) in [7, 11) is -2.39. The molecule has 3 aromatic rings. The average Bonchev–Trinajstić information content (AvgIpc) is 2.74. The third-order valence-electron chi connectivity index (χ3n) is 4.31. The predicted octanol–water partition coefficient (Wildman–Crippen LogP) is 4.87. The Morgan fingerprint density at radius 1 is 1.00 bits per heavy atom. The number of methoxy groups -OCH3 is 1. The first-order valence-electron chi connectivity index (χ1n) is 8.76. The van der Waals surface area contributed by atoms with Crippen LogP contribution in [0.4, 0.5) is 10.5 Å². The predicted molar refractivity (Wildman–Crippen MR) is 118 cm³/mol. The van der Waals surface area contributed by atoms with Gasteiger partial charge in [0.25, 0.3) is 5.91 Å². The highest BCUT2D eigenvalue weighted by atomic mass is 35.5. The van der Waals surface area contributed by atoms with Gasteiger partial charge in [0, 0.05) is 18.0 Å². The third kappa shape index (κ3) is 4.87. The van der Waals surface area contributed by atoms with Crippen LogP contribution in [0.3, 0.4) is 0 Å². The zero-order valence-electron chi connectivity index (χ0n) is 16.4. The third-order valence-corrected chi connectivity index (χ3v) is 6.06. The van der Waals surface area contributed by atoms with Crippen LogP contribution < -0.4 is 4.90 Å². The minimum atomic E-state index is -3.52. The number of hydrogen-bond donors (Lipinski definition) is 0. The van der Waals surface area contributed by atoms with E-state index in [1.807, 2.05) is 0 Å². The molecular weight excluding hydrogens is 463 g/mol. The van der Waals surface area contributed by atoms with E-state index in [4.69, 9.17) is 27.9 Å². The van der Waals surface area contributed by atoms with Crippen molar-refractivity contribution < 1.29 is 22.7 Å². The fourth-order valence-corrected chi connectivity index (χ4v) is 3.98. The normalized spacial score (nSPS) is 11.1. The van der Waals surface area contributed by atoms with E-state index in [0.29, 0.717) is 16.3 Å². The van der Waals surface area contributed by atoms with E-state index in [-0.39, 0.29) is 21.2 Å². The van der Waals surface area contributed by atoms with Gasteiger partial charge in [-0.15, -0.1) is 0 Å². The zero-order valence-corrected chi connectivity index (χ0v) is 18.7. The summed E-state index contributed by atoms with van der Waals surface area (Å²) in [6.45, 7) is 0. The highest BCUT2D eigenvalue weighted by Crippen LogP contribution is 2.32. The number of pyridine rings is 1. The van der Waals surface area contributed by atoms with E-state index >= 15 is 0 Å². The zero-order chi connectivity index (χ0) is 22.8. The average molecular weight is 479 g/mol. The SMILES string of the molecule is COC(=O)N(C(=O)c1ccc(S(C)(=O)=O)cc1Cl)c1ccc(Cl)c(-c2ccccn2)c1. The molecule has 0 aliphatic rings. The second kappa shape index (κ2) is 9.05. The molecule has 0 atom stereocenters. The first-order valence-corrected chi connectivity index (χ1v) is 11.4. The first-order chi connectivity index (χ1) is 14.6. The summed E-state index contributed by atoms with van der Waals surface area (Å²) in [6, 6.07) is 13.4. The quantitative estimate of drug-likeness (QED) is 0.530. The Hall–Kier alpha value is -2.94. The maximum absolute atomic E-state index is 13.2. The summed E-state index contributed by atoms with van der Waals surface area (Å²) in [5, 5.41) is 0.246. The molecule has 0 aliphatic carbocycles. The number of anilines is 1. The van der Waals surface area contributed by atoms with Gasteiger partial charge in [-0.25, -0.2) is 18.1 Å². The Labute approximate surface area is 189 Å². The molecule has 1 heterocycles. The molecule has 3 rings (SSSR count). The number of carbonyl (C=O) groups is 2. The van der Waals surface area contributed by atoms with Gasteiger partial charge in [-0.1, -0.05) is 29.3 Å². The Bertz CT molecular complexity index is 1260. The van der Waals surface area contributed by atoms with Crippen LogP contribution in [0.15, 0.2) is 65.7 Å². The fraction of sp³-hybridized carbons (Fsp3) is 0.0952. The fourth-order valence-electron chi connectivity index (χ4n) is 2.79. The smallest absolute Gasteiger partial charge is 0.421 e. The highest BCUT2D eigenvalue weighted by molar-refractivity contribution is 7.90. The Balaban J connectivity index is 2.10. The van der Waals surface area contributed by atoms with Crippen LogP contribution in [0.25, 0.3) is 11.3 Å². The van der Waals surface area contributed by atoms with E-state index in [0.717, 1.165) is 24.3 Å². The number of nitrogens with zero attached hydrogens (tertiary/aromatic N) is 2. The number of carbonyl (C=O) groups excluding carboxylic acids is 2. The van der Waals surface area contributed by atoms with Gasteiger partial charge in [0.1, 0.15) is 0 Å². The second-order valence-corrected chi connectivity index (χ2v) is 9.23. The Kier molecular flexibility index (Phi) is 6.64. The van der Waals surface area contributed by atoms with Gasteiger partial charge in [-0.3, -0.25) is 9.78 Å². The molecule has 0 saturated carbocycles. The number of ether oxygens (including phenoxy) is 1. The van der Waals surface area contributed by atoms with Crippen LogP contribution >= 0.6 is 23.2 Å². The summed E-state index contributed by atoms with van der Waals surface area (Å²) in [4.78, 5) is 30.7. The molecule has 0 saturated heterocycles. The van der Waals surface area contributed by atoms with E-state index < -0.39 is 21.8 Å². The molecule has 31 heavy (non-hydrogen) atoms. The summed E-state index contributed by atoms with van der Waals surface area (Å²) in [5.74, 6) is -0.800. The standard InChI is InChI=1S/C21H16Cl2N2O5S/c1-30-21(27)25(20(26)15-8-7-14(12-18(15)23)31(2,28)29)13-6-9-17(22)16(11-13)19-5-3-4-10-24-19/h3-12H,1-2H3. The van der Waals surface area contributed by atoms with Gasteiger partial charge in [-0.05, 0) is 48.5 Å². The molecule has 0 radical (unpaired) electrons. The maximum Gasteiger partial charge on any atom is 0.421 e. The molecule has 0 fully saturated rings. The number of benzene rings is 2. The van der Waals surface area contributed by atoms with Crippen LogP contribution in [0.5, 0.6) is 0 Å².